The molecule has 0 radical (unpaired) electrons. The standard InChI is InChI=1S/C16H20BrN5O2/c1-18-14(23)9-3-5-11(6-4-9)20-16-19-8-10-7-12(17)15(24)22(2)13(10)21-16/h7-9,11H,3-6H2,1-2H3,(H,18,23)(H,19,20,21). The first-order valence-electron chi connectivity index (χ1n) is 8.00. The van der Waals surface area contributed by atoms with E-state index >= 15 is 0 Å². The van der Waals surface area contributed by atoms with Crippen LogP contribution in [0.25, 0.3) is 11.0 Å². The zero-order valence-corrected chi connectivity index (χ0v) is 15.3. The summed E-state index contributed by atoms with van der Waals surface area (Å²) >= 11 is 3.25. The second kappa shape index (κ2) is 6.88. The summed E-state index contributed by atoms with van der Waals surface area (Å²) < 4.78 is 2.00. The van der Waals surface area contributed by atoms with E-state index < -0.39 is 0 Å². The van der Waals surface area contributed by atoms with E-state index in [0.717, 1.165) is 31.1 Å². The molecule has 128 valence electrons. The number of aromatic nitrogens is 3. The smallest absolute Gasteiger partial charge is 0.266 e. The van der Waals surface area contributed by atoms with E-state index in [1.807, 2.05) is 0 Å². The molecule has 0 unspecified atom stereocenters. The van der Waals surface area contributed by atoms with Crippen molar-refractivity contribution < 1.29 is 4.79 Å². The van der Waals surface area contributed by atoms with Crippen LogP contribution in [0.15, 0.2) is 21.5 Å². The first-order valence-corrected chi connectivity index (χ1v) is 8.79. The molecule has 1 amide bonds. The van der Waals surface area contributed by atoms with Crippen molar-refractivity contribution in [3.05, 3.63) is 27.1 Å². The van der Waals surface area contributed by atoms with Crippen LogP contribution in [-0.2, 0) is 11.8 Å². The van der Waals surface area contributed by atoms with Gasteiger partial charge >= 0.3 is 0 Å². The van der Waals surface area contributed by atoms with Crippen molar-refractivity contribution in [2.45, 2.75) is 31.7 Å². The summed E-state index contributed by atoms with van der Waals surface area (Å²) in [5.74, 6) is 0.739. The molecule has 1 fully saturated rings. The minimum atomic E-state index is -0.127. The van der Waals surface area contributed by atoms with E-state index in [0.29, 0.717) is 16.1 Å². The molecule has 8 heteroatoms. The van der Waals surface area contributed by atoms with Crippen molar-refractivity contribution in [3.8, 4) is 0 Å². The highest BCUT2D eigenvalue weighted by molar-refractivity contribution is 9.10. The molecule has 2 heterocycles. The van der Waals surface area contributed by atoms with Crippen LogP contribution >= 0.6 is 15.9 Å². The second-order valence-electron chi connectivity index (χ2n) is 6.14. The quantitative estimate of drug-likeness (QED) is 0.829. The second-order valence-corrected chi connectivity index (χ2v) is 6.99. The highest BCUT2D eigenvalue weighted by atomic mass is 79.9. The molecular weight excluding hydrogens is 374 g/mol. The van der Waals surface area contributed by atoms with Crippen LogP contribution in [0.3, 0.4) is 0 Å². The zero-order chi connectivity index (χ0) is 17.3. The molecule has 1 aliphatic carbocycles. The lowest BCUT2D eigenvalue weighted by molar-refractivity contribution is -0.125. The van der Waals surface area contributed by atoms with Gasteiger partial charge in [-0.1, -0.05) is 0 Å². The lowest BCUT2D eigenvalue weighted by atomic mass is 9.85. The first-order chi connectivity index (χ1) is 11.5. The van der Waals surface area contributed by atoms with Crippen molar-refractivity contribution in [1.29, 1.82) is 0 Å². The lowest BCUT2D eigenvalue weighted by Crippen LogP contribution is -2.34. The highest BCUT2D eigenvalue weighted by Crippen LogP contribution is 2.26. The summed E-state index contributed by atoms with van der Waals surface area (Å²) in [6.07, 6.45) is 5.23. The van der Waals surface area contributed by atoms with E-state index in [4.69, 9.17) is 0 Å². The molecule has 1 aliphatic rings. The fraction of sp³-hybridized carbons (Fsp3) is 0.500. The molecule has 0 spiro atoms. The monoisotopic (exact) mass is 393 g/mol. The van der Waals surface area contributed by atoms with Crippen LogP contribution in [0.4, 0.5) is 5.95 Å². The van der Waals surface area contributed by atoms with Gasteiger partial charge in [-0.15, -0.1) is 0 Å². The Balaban J connectivity index is 1.75. The summed E-state index contributed by atoms with van der Waals surface area (Å²) in [6, 6.07) is 1.98. The number of hydrogen-bond donors (Lipinski definition) is 2. The normalized spacial score (nSPS) is 20.8. The molecule has 2 aromatic rings. The van der Waals surface area contributed by atoms with E-state index in [-0.39, 0.29) is 23.4 Å². The molecule has 7 nitrogen and oxygen atoms in total. The number of carbonyl (C=O) groups is 1. The number of anilines is 1. The Bertz CT molecular complexity index is 827. The van der Waals surface area contributed by atoms with Crippen molar-refractivity contribution in [1.82, 2.24) is 19.9 Å². The molecule has 0 atom stereocenters. The average molecular weight is 394 g/mol. The van der Waals surface area contributed by atoms with Crippen LogP contribution in [0.2, 0.25) is 0 Å². The number of aryl methyl sites for hydroxylation is 1. The number of fused-ring (bicyclic) bond motifs is 1. The number of pyridine rings is 1. The number of nitrogens with one attached hydrogen (secondary N) is 2. The Morgan fingerprint density at radius 3 is 2.71 bits per heavy atom. The summed E-state index contributed by atoms with van der Waals surface area (Å²) in [5.41, 5.74) is 0.470. The van der Waals surface area contributed by atoms with Crippen molar-refractivity contribution >= 4 is 38.8 Å². The van der Waals surface area contributed by atoms with E-state index in [9.17, 15) is 9.59 Å². The number of nitrogens with zero attached hydrogens (tertiary/aromatic N) is 3. The van der Waals surface area contributed by atoms with E-state index in [1.165, 1.54) is 4.57 Å². The summed E-state index contributed by atoms with van der Waals surface area (Å²) in [4.78, 5) is 32.5. The lowest BCUT2D eigenvalue weighted by Gasteiger charge is -2.28. The molecule has 0 aliphatic heterocycles. The van der Waals surface area contributed by atoms with Crippen LogP contribution < -0.4 is 16.2 Å². The average Bonchev–Trinajstić information content (AvgIpc) is 2.60. The Morgan fingerprint density at radius 2 is 2.04 bits per heavy atom. The molecule has 0 saturated heterocycles. The maximum atomic E-state index is 12.0. The Hall–Kier alpha value is -1.96. The third-order valence-electron chi connectivity index (χ3n) is 4.58. The Labute approximate surface area is 148 Å². The fourth-order valence-electron chi connectivity index (χ4n) is 3.16. The zero-order valence-electron chi connectivity index (χ0n) is 13.7. The minimum absolute atomic E-state index is 0.101. The van der Waals surface area contributed by atoms with Crippen LogP contribution in [0.5, 0.6) is 0 Å². The molecule has 0 bridgehead atoms. The third-order valence-corrected chi connectivity index (χ3v) is 5.15. The first kappa shape index (κ1) is 16.9. The summed E-state index contributed by atoms with van der Waals surface area (Å²) in [5, 5.41) is 6.85. The topological polar surface area (TPSA) is 88.9 Å². The molecular formula is C16H20BrN5O2. The largest absolute Gasteiger partial charge is 0.359 e. The van der Waals surface area contributed by atoms with Crippen molar-refractivity contribution in [3.63, 3.8) is 0 Å². The van der Waals surface area contributed by atoms with Crippen LogP contribution in [-0.4, -0.2) is 33.5 Å². The number of rotatable bonds is 3. The predicted octanol–water partition coefficient (Wildman–Crippen LogP) is 1.81. The van der Waals surface area contributed by atoms with E-state index in [1.54, 1.807) is 26.4 Å². The summed E-state index contributed by atoms with van der Waals surface area (Å²) in [6.45, 7) is 0. The molecule has 3 rings (SSSR count). The van der Waals surface area contributed by atoms with Gasteiger partial charge in [0.1, 0.15) is 5.65 Å². The number of carbonyl (C=O) groups excluding carboxylic acids is 1. The van der Waals surface area contributed by atoms with Crippen LogP contribution in [0.1, 0.15) is 25.7 Å². The van der Waals surface area contributed by atoms with Gasteiger partial charge in [0, 0.05) is 37.6 Å². The molecule has 2 aromatic heterocycles. The number of amides is 1. The van der Waals surface area contributed by atoms with Gasteiger partial charge in [-0.2, -0.15) is 4.98 Å². The maximum absolute atomic E-state index is 12.0. The highest BCUT2D eigenvalue weighted by Gasteiger charge is 2.26. The van der Waals surface area contributed by atoms with Gasteiger partial charge < -0.3 is 10.6 Å². The molecule has 24 heavy (non-hydrogen) atoms. The third kappa shape index (κ3) is 3.28. The van der Waals surface area contributed by atoms with Gasteiger partial charge in [0.2, 0.25) is 11.9 Å². The van der Waals surface area contributed by atoms with E-state index in [2.05, 4.69) is 36.5 Å². The number of halogens is 1. The van der Waals surface area contributed by atoms with Gasteiger partial charge in [-0.3, -0.25) is 14.2 Å². The Morgan fingerprint density at radius 1 is 1.33 bits per heavy atom. The molecule has 0 aromatic carbocycles. The van der Waals surface area contributed by atoms with Crippen molar-refractivity contribution in [2.75, 3.05) is 12.4 Å². The van der Waals surface area contributed by atoms with Crippen molar-refractivity contribution in [2.24, 2.45) is 13.0 Å². The Kier molecular flexibility index (Phi) is 4.84. The van der Waals surface area contributed by atoms with Gasteiger partial charge in [0.15, 0.2) is 0 Å². The fourth-order valence-corrected chi connectivity index (χ4v) is 3.68. The van der Waals surface area contributed by atoms with Gasteiger partial charge in [0.25, 0.3) is 5.56 Å². The molecule has 2 N–H and O–H groups in total. The van der Waals surface area contributed by atoms with Gasteiger partial charge in [0.05, 0.1) is 4.47 Å². The predicted molar refractivity (Wildman–Crippen MR) is 95.9 cm³/mol. The van der Waals surface area contributed by atoms with Gasteiger partial charge in [-0.25, -0.2) is 4.98 Å². The summed E-state index contributed by atoms with van der Waals surface area (Å²) in [7, 11) is 3.37. The molecule has 1 saturated carbocycles. The SMILES string of the molecule is CNC(=O)C1CCC(Nc2ncc3cc(Br)c(=O)n(C)c3n2)CC1. The maximum Gasteiger partial charge on any atom is 0.266 e. The minimum Gasteiger partial charge on any atom is -0.359 e. The van der Waals surface area contributed by atoms with Crippen LogP contribution in [0, 0.1) is 5.92 Å². The number of hydrogen-bond acceptors (Lipinski definition) is 5. The van der Waals surface area contributed by atoms with Gasteiger partial charge in [-0.05, 0) is 47.7 Å².